The molecule has 0 bridgehead atoms. The summed E-state index contributed by atoms with van der Waals surface area (Å²) >= 11 is 0. The number of aromatic nitrogens is 2. The highest BCUT2D eigenvalue weighted by atomic mass is 16.6. The minimum Gasteiger partial charge on any atom is -0.355 e. The maximum absolute atomic E-state index is 12.3. The first-order chi connectivity index (χ1) is 11.3. The minimum atomic E-state index is -0.0958. The lowest BCUT2D eigenvalue weighted by atomic mass is 9.97. The van der Waals surface area contributed by atoms with Crippen molar-refractivity contribution in [3.8, 4) is 0 Å². The van der Waals surface area contributed by atoms with E-state index in [1.54, 1.807) is 18.6 Å². The Morgan fingerprint density at radius 2 is 2.17 bits per heavy atom. The minimum absolute atomic E-state index is 0.0745. The van der Waals surface area contributed by atoms with Crippen molar-refractivity contribution >= 4 is 11.7 Å². The Balaban J connectivity index is 1.49. The number of nitrogens with zero attached hydrogens (tertiary/aromatic N) is 3. The third-order valence-electron chi connectivity index (χ3n) is 3.92. The van der Waals surface area contributed by atoms with Crippen LogP contribution >= 0.6 is 0 Å². The van der Waals surface area contributed by atoms with E-state index in [4.69, 9.17) is 4.84 Å². The van der Waals surface area contributed by atoms with Gasteiger partial charge in [0, 0.05) is 25.5 Å². The SMILES string of the molecule is O=C(NOCc1ccccc1)C1CCCN(c2cnccn2)C1. The van der Waals surface area contributed by atoms with Gasteiger partial charge in [0.25, 0.3) is 0 Å². The van der Waals surface area contributed by atoms with E-state index >= 15 is 0 Å². The van der Waals surface area contributed by atoms with E-state index < -0.39 is 0 Å². The molecular weight excluding hydrogens is 292 g/mol. The van der Waals surface area contributed by atoms with E-state index in [1.807, 2.05) is 30.3 Å². The Morgan fingerprint density at radius 1 is 1.30 bits per heavy atom. The smallest absolute Gasteiger partial charge is 0.248 e. The first-order valence-electron chi connectivity index (χ1n) is 7.79. The van der Waals surface area contributed by atoms with Crippen LogP contribution < -0.4 is 10.4 Å². The summed E-state index contributed by atoms with van der Waals surface area (Å²) in [6.07, 6.45) is 6.86. The van der Waals surface area contributed by atoms with Gasteiger partial charge in [0.05, 0.1) is 18.7 Å². The van der Waals surface area contributed by atoms with Crippen molar-refractivity contribution in [1.29, 1.82) is 0 Å². The van der Waals surface area contributed by atoms with E-state index in [0.29, 0.717) is 13.2 Å². The zero-order chi connectivity index (χ0) is 15.9. The molecule has 1 aliphatic rings. The van der Waals surface area contributed by atoms with Crippen LogP contribution in [0.3, 0.4) is 0 Å². The van der Waals surface area contributed by atoms with Gasteiger partial charge in [-0.05, 0) is 18.4 Å². The summed E-state index contributed by atoms with van der Waals surface area (Å²) in [5.74, 6) is 0.645. The zero-order valence-electron chi connectivity index (χ0n) is 12.9. The Kier molecular flexibility index (Phi) is 5.16. The Morgan fingerprint density at radius 3 is 2.96 bits per heavy atom. The van der Waals surface area contributed by atoms with Gasteiger partial charge < -0.3 is 4.90 Å². The van der Waals surface area contributed by atoms with Gasteiger partial charge in [-0.2, -0.15) is 0 Å². The van der Waals surface area contributed by atoms with E-state index in [0.717, 1.165) is 30.8 Å². The summed E-state index contributed by atoms with van der Waals surface area (Å²) in [5.41, 5.74) is 3.60. The molecule has 1 fully saturated rings. The second-order valence-electron chi connectivity index (χ2n) is 5.59. The molecule has 6 nitrogen and oxygen atoms in total. The molecule has 1 aromatic heterocycles. The Hall–Kier alpha value is -2.47. The molecule has 1 atom stereocenters. The Bertz CT molecular complexity index is 621. The quantitative estimate of drug-likeness (QED) is 0.855. The molecule has 2 aromatic rings. The molecule has 1 unspecified atom stereocenters. The van der Waals surface area contributed by atoms with Crippen LogP contribution in [-0.2, 0) is 16.2 Å². The topological polar surface area (TPSA) is 67.3 Å². The molecular formula is C17H20N4O2. The van der Waals surface area contributed by atoms with Crippen molar-refractivity contribution in [2.24, 2.45) is 5.92 Å². The second kappa shape index (κ2) is 7.69. The number of hydrogen-bond donors (Lipinski definition) is 1. The molecule has 0 saturated carbocycles. The van der Waals surface area contributed by atoms with E-state index in [2.05, 4.69) is 20.3 Å². The summed E-state index contributed by atoms with van der Waals surface area (Å²) in [4.78, 5) is 28.1. The summed E-state index contributed by atoms with van der Waals surface area (Å²) in [7, 11) is 0. The van der Waals surface area contributed by atoms with Gasteiger partial charge in [-0.25, -0.2) is 10.5 Å². The van der Waals surface area contributed by atoms with E-state index in [9.17, 15) is 4.79 Å². The fraction of sp³-hybridized carbons (Fsp3) is 0.353. The lowest BCUT2D eigenvalue weighted by molar-refractivity contribution is -0.139. The molecule has 2 heterocycles. The van der Waals surface area contributed by atoms with Crippen LogP contribution in [0.1, 0.15) is 18.4 Å². The van der Waals surface area contributed by atoms with Gasteiger partial charge in [0.1, 0.15) is 5.82 Å². The summed E-state index contributed by atoms with van der Waals surface area (Å²) in [5, 5.41) is 0. The predicted molar refractivity (Wildman–Crippen MR) is 86.3 cm³/mol. The Labute approximate surface area is 135 Å². The number of carbonyl (C=O) groups is 1. The molecule has 6 heteroatoms. The maximum atomic E-state index is 12.3. The molecule has 120 valence electrons. The predicted octanol–water partition coefficient (Wildman–Crippen LogP) is 1.94. The fourth-order valence-corrected chi connectivity index (χ4v) is 2.70. The molecule has 3 rings (SSSR count). The van der Waals surface area contributed by atoms with Crippen LogP contribution in [0.2, 0.25) is 0 Å². The van der Waals surface area contributed by atoms with Crippen LogP contribution in [0.5, 0.6) is 0 Å². The monoisotopic (exact) mass is 312 g/mol. The summed E-state index contributed by atoms with van der Waals surface area (Å²) < 4.78 is 0. The average Bonchev–Trinajstić information content (AvgIpc) is 2.63. The number of hydrogen-bond acceptors (Lipinski definition) is 5. The molecule has 0 radical (unpaired) electrons. The number of nitrogens with one attached hydrogen (secondary N) is 1. The number of benzene rings is 1. The van der Waals surface area contributed by atoms with Gasteiger partial charge in [-0.3, -0.25) is 14.6 Å². The van der Waals surface area contributed by atoms with Crippen molar-refractivity contribution in [2.75, 3.05) is 18.0 Å². The van der Waals surface area contributed by atoms with Crippen LogP contribution in [0.15, 0.2) is 48.9 Å². The van der Waals surface area contributed by atoms with Gasteiger partial charge >= 0.3 is 0 Å². The number of anilines is 1. The number of carbonyl (C=O) groups excluding carboxylic acids is 1. The van der Waals surface area contributed by atoms with Crippen LogP contribution in [0, 0.1) is 5.92 Å². The van der Waals surface area contributed by atoms with E-state index in [1.165, 1.54) is 0 Å². The highest BCUT2D eigenvalue weighted by Gasteiger charge is 2.26. The first kappa shape index (κ1) is 15.4. The van der Waals surface area contributed by atoms with Crippen LogP contribution in [0.25, 0.3) is 0 Å². The molecule has 1 saturated heterocycles. The maximum Gasteiger partial charge on any atom is 0.248 e. The number of rotatable bonds is 5. The molecule has 1 aliphatic heterocycles. The highest BCUT2D eigenvalue weighted by molar-refractivity contribution is 5.78. The molecule has 1 N–H and O–H groups in total. The lowest BCUT2D eigenvalue weighted by Crippen LogP contribution is -2.43. The third kappa shape index (κ3) is 4.26. The lowest BCUT2D eigenvalue weighted by Gasteiger charge is -2.32. The van der Waals surface area contributed by atoms with Crippen molar-refractivity contribution < 1.29 is 9.63 Å². The van der Waals surface area contributed by atoms with Gasteiger partial charge in [0.15, 0.2) is 0 Å². The number of piperidine rings is 1. The van der Waals surface area contributed by atoms with Gasteiger partial charge in [-0.15, -0.1) is 0 Å². The highest BCUT2D eigenvalue weighted by Crippen LogP contribution is 2.20. The normalized spacial score (nSPS) is 17.7. The molecule has 23 heavy (non-hydrogen) atoms. The van der Waals surface area contributed by atoms with Crippen LogP contribution in [-0.4, -0.2) is 29.0 Å². The van der Waals surface area contributed by atoms with Gasteiger partial charge in [0.2, 0.25) is 5.91 Å². The molecule has 0 spiro atoms. The summed E-state index contributed by atoms with van der Waals surface area (Å²) in [6, 6.07) is 9.76. The molecule has 1 amide bonds. The number of hydroxylamine groups is 1. The first-order valence-corrected chi connectivity index (χ1v) is 7.79. The fourth-order valence-electron chi connectivity index (χ4n) is 2.70. The van der Waals surface area contributed by atoms with Crippen molar-refractivity contribution in [1.82, 2.24) is 15.4 Å². The second-order valence-corrected chi connectivity index (χ2v) is 5.59. The van der Waals surface area contributed by atoms with Gasteiger partial charge in [-0.1, -0.05) is 30.3 Å². The summed E-state index contributed by atoms with van der Waals surface area (Å²) in [6.45, 7) is 1.90. The van der Waals surface area contributed by atoms with Crippen molar-refractivity contribution in [3.63, 3.8) is 0 Å². The average molecular weight is 312 g/mol. The largest absolute Gasteiger partial charge is 0.355 e. The standard InChI is InChI=1S/C17H20N4O2/c22-17(20-23-13-14-5-2-1-3-6-14)15-7-4-10-21(12-15)16-11-18-8-9-19-16/h1-3,5-6,8-9,11,15H,4,7,10,12-13H2,(H,20,22). The number of amides is 1. The van der Waals surface area contributed by atoms with Crippen molar-refractivity contribution in [3.05, 3.63) is 54.5 Å². The molecule has 0 aliphatic carbocycles. The molecule has 1 aromatic carbocycles. The third-order valence-corrected chi connectivity index (χ3v) is 3.92. The zero-order valence-corrected chi connectivity index (χ0v) is 12.9. The van der Waals surface area contributed by atoms with Crippen LogP contribution in [0.4, 0.5) is 5.82 Å². The van der Waals surface area contributed by atoms with Crippen molar-refractivity contribution in [2.45, 2.75) is 19.4 Å². The van der Waals surface area contributed by atoms with E-state index in [-0.39, 0.29) is 11.8 Å².